The summed E-state index contributed by atoms with van der Waals surface area (Å²) in [7, 11) is 0. The highest BCUT2D eigenvalue weighted by molar-refractivity contribution is 5.78. The number of nitrogens with zero attached hydrogens (tertiary/aromatic N) is 1. The van der Waals surface area contributed by atoms with E-state index < -0.39 is 0 Å². The predicted molar refractivity (Wildman–Crippen MR) is 96.2 cm³/mol. The molecule has 1 fully saturated rings. The molecule has 2 aliphatic heterocycles. The number of ether oxygens (including phenoxy) is 1. The van der Waals surface area contributed by atoms with Crippen molar-refractivity contribution in [3.8, 4) is 5.75 Å². The van der Waals surface area contributed by atoms with Gasteiger partial charge >= 0.3 is 0 Å². The summed E-state index contributed by atoms with van der Waals surface area (Å²) in [6.07, 6.45) is 5.65. The van der Waals surface area contributed by atoms with Gasteiger partial charge in [0.1, 0.15) is 5.75 Å². The third kappa shape index (κ3) is 4.29. The molecule has 4 nitrogen and oxygen atoms in total. The smallest absolute Gasteiger partial charge is 0.258 e. The minimum atomic E-state index is 0.0124. The first kappa shape index (κ1) is 17.3. The van der Waals surface area contributed by atoms with Crippen LogP contribution in [-0.2, 0) is 11.2 Å². The molecule has 0 bridgehead atoms. The highest BCUT2D eigenvalue weighted by Gasteiger charge is 2.31. The number of carbonyl (C=O) groups is 1. The molecule has 2 aliphatic rings. The normalized spacial score (nSPS) is 26.4. The average Bonchev–Trinajstić information content (AvgIpc) is 2.57. The Hall–Kier alpha value is -1.55. The highest BCUT2D eigenvalue weighted by Crippen LogP contribution is 2.26. The number of likely N-dealkylation sites (tertiary alicyclic amines) is 1. The lowest BCUT2D eigenvalue weighted by Gasteiger charge is -2.41. The molecule has 1 saturated heterocycles. The second-order valence-electron chi connectivity index (χ2n) is 7.45. The van der Waals surface area contributed by atoms with Crippen LogP contribution in [-0.4, -0.2) is 42.6 Å². The highest BCUT2D eigenvalue weighted by atomic mass is 16.5. The Balaban J connectivity index is 1.70. The number of fused-ring (bicyclic) bond motifs is 2. The lowest BCUT2D eigenvalue weighted by atomic mass is 9.86. The van der Waals surface area contributed by atoms with E-state index in [0.717, 1.165) is 31.7 Å². The maximum absolute atomic E-state index is 12.3. The van der Waals surface area contributed by atoms with Crippen LogP contribution >= 0.6 is 0 Å². The molecule has 0 radical (unpaired) electrons. The molecule has 0 unspecified atom stereocenters. The fourth-order valence-electron chi connectivity index (χ4n) is 3.98. The van der Waals surface area contributed by atoms with E-state index in [1.807, 2.05) is 18.2 Å². The molecule has 4 heteroatoms. The summed E-state index contributed by atoms with van der Waals surface area (Å²) in [5.41, 5.74) is 1.22. The van der Waals surface area contributed by atoms with Crippen LogP contribution in [0.15, 0.2) is 24.3 Å². The van der Waals surface area contributed by atoms with Gasteiger partial charge in [0.2, 0.25) is 0 Å². The van der Waals surface area contributed by atoms with Crippen LogP contribution in [0.5, 0.6) is 5.75 Å². The molecule has 2 heterocycles. The van der Waals surface area contributed by atoms with E-state index in [-0.39, 0.29) is 12.5 Å². The second-order valence-corrected chi connectivity index (χ2v) is 7.45. The van der Waals surface area contributed by atoms with Crippen molar-refractivity contribution in [2.45, 2.75) is 58.0 Å². The van der Waals surface area contributed by atoms with Crippen molar-refractivity contribution < 1.29 is 9.53 Å². The summed E-state index contributed by atoms with van der Waals surface area (Å²) in [6, 6.07) is 8.98. The largest absolute Gasteiger partial charge is 0.483 e. The van der Waals surface area contributed by atoms with Crippen LogP contribution in [0.4, 0.5) is 0 Å². The van der Waals surface area contributed by atoms with Crippen molar-refractivity contribution in [2.75, 3.05) is 19.7 Å². The summed E-state index contributed by atoms with van der Waals surface area (Å²) in [5.74, 6) is 1.43. The Morgan fingerprint density at radius 3 is 2.88 bits per heavy atom. The fraction of sp³-hybridized carbons (Fsp3) is 0.650. The van der Waals surface area contributed by atoms with Gasteiger partial charge in [0.15, 0.2) is 6.61 Å². The molecule has 0 aromatic heterocycles. The fourth-order valence-corrected chi connectivity index (χ4v) is 3.98. The molecular formula is C20H30N2O2. The Morgan fingerprint density at radius 1 is 1.21 bits per heavy atom. The van der Waals surface area contributed by atoms with Gasteiger partial charge in [-0.25, -0.2) is 0 Å². The van der Waals surface area contributed by atoms with E-state index in [1.54, 1.807) is 0 Å². The topological polar surface area (TPSA) is 41.6 Å². The molecular weight excluding hydrogens is 300 g/mol. The summed E-state index contributed by atoms with van der Waals surface area (Å²) < 4.78 is 5.79. The van der Waals surface area contributed by atoms with Crippen molar-refractivity contribution in [3.63, 3.8) is 0 Å². The van der Waals surface area contributed by atoms with Gasteiger partial charge in [0.25, 0.3) is 5.91 Å². The molecule has 1 amide bonds. The molecule has 0 aliphatic carbocycles. The maximum Gasteiger partial charge on any atom is 0.258 e. The van der Waals surface area contributed by atoms with E-state index in [9.17, 15) is 4.79 Å². The van der Waals surface area contributed by atoms with E-state index in [4.69, 9.17) is 4.74 Å². The van der Waals surface area contributed by atoms with Crippen LogP contribution in [0.3, 0.4) is 0 Å². The van der Waals surface area contributed by atoms with Crippen LogP contribution < -0.4 is 10.1 Å². The van der Waals surface area contributed by atoms with E-state index in [0.29, 0.717) is 18.0 Å². The van der Waals surface area contributed by atoms with Crippen molar-refractivity contribution in [3.05, 3.63) is 29.8 Å². The van der Waals surface area contributed by atoms with Crippen molar-refractivity contribution in [1.82, 2.24) is 10.2 Å². The molecule has 0 saturated carbocycles. The van der Waals surface area contributed by atoms with Crippen LogP contribution in [0.1, 0.15) is 45.1 Å². The standard InChI is InChI=1S/C20H30N2O2/c1-15(2)22-12-11-18-17(13-22)9-4-3-7-16-8-5-6-10-19(16)24-14-20(23)21-18/h5-6,8,10,15,17-18H,3-4,7,9,11-14H2,1-2H3,(H,21,23)/t17-,18+/m0/s1. The Bertz CT molecular complexity index is 558. The van der Waals surface area contributed by atoms with Crippen molar-refractivity contribution in [2.24, 2.45) is 5.92 Å². The predicted octanol–water partition coefficient (Wildman–Crippen LogP) is 3.01. The number of para-hydroxylation sites is 1. The first-order valence-corrected chi connectivity index (χ1v) is 9.37. The van der Waals surface area contributed by atoms with Gasteiger partial charge in [-0.05, 0) is 57.1 Å². The van der Waals surface area contributed by atoms with E-state index >= 15 is 0 Å². The lowest BCUT2D eigenvalue weighted by molar-refractivity contribution is -0.124. The number of benzene rings is 1. The van der Waals surface area contributed by atoms with E-state index in [2.05, 4.69) is 30.1 Å². The Labute approximate surface area is 145 Å². The molecule has 1 N–H and O–H groups in total. The maximum atomic E-state index is 12.3. The number of hydrogen-bond acceptors (Lipinski definition) is 3. The summed E-state index contributed by atoms with van der Waals surface area (Å²) in [4.78, 5) is 14.9. The number of amides is 1. The Kier molecular flexibility index (Phi) is 5.77. The third-order valence-corrected chi connectivity index (χ3v) is 5.44. The number of piperidine rings is 1. The van der Waals surface area contributed by atoms with Crippen LogP contribution in [0, 0.1) is 5.92 Å². The molecule has 24 heavy (non-hydrogen) atoms. The number of rotatable bonds is 1. The molecule has 1 aromatic rings. The third-order valence-electron chi connectivity index (χ3n) is 5.44. The van der Waals surface area contributed by atoms with Gasteiger partial charge in [-0.3, -0.25) is 4.79 Å². The van der Waals surface area contributed by atoms with Gasteiger partial charge < -0.3 is 15.0 Å². The minimum Gasteiger partial charge on any atom is -0.483 e. The first-order valence-electron chi connectivity index (χ1n) is 9.37. The molecule has 2 atom stereocenters. The number of carbonyl (C=O) groups excluding carboxylic acids is 1. The number of hydrogen-bond donors (Lipinski definition) is 1. The Morgan fingerprint density at radius 2 is 2.04 bits per heavy atom. The molecule has 1 aromatic carbocycles. The molecule has 132 valence electrons. The zero-order valence-corrected chi connectivity index (χ0v) is 15.0. The first-order chi connectivity index (χ1) is 11.6. The SMILES string of the molecule is CC(C)N1CC[C@H]2NC(=O)COc3ccccc3CCCC[C@H]2C1. The van der Waals surface area contributed by atoms with Crippen LogP contribution in [0.2, 0.25) is 0 Å². The number of aryl methyl sites for hydroxylation is 1. The quantitative estimate of drug-likeness (QED) is 0.861. The minimum absolute atomic E-state index is 0.0124. The van der Waals surface area contributed by atoms with Crippen molar-refractivity contribution in [1.29, 1.82) is 0 Å². The summed E-state index contributed by atoms with van der Waals surface area (Å²) >= 11 is 0. The zero-order valence-electron chi connectivity index (χ0n) is 15.0. The van der Waals surface area contributed by atoms with Gasteiger partial charge in [-0.2, -0.15) is 0 Å². The second kappa shape index (κ2) is 8.02. The van der Waals surface area contributed by atoms with Crippen molar-refractivity contribution >= 4 is 5.91 Å². The molecule has 0 spiro atoms. The summed E-state index contributed by atoms with van der Waals surface area (Å²) in [5, 5.41) is 3.24. The summed E-state index contributed by atoms with van der Waals surface area (Å²) in [6.45, 7) is 6.81. The van der Waals surface area contributed by atoms with Gasteiger partial charge in [0.05, 0.1) is 0 Å². The average molecular weight is 330 g/mol. The van der Waals surface area contributed by atoms with Gasteiger partial charge in [0, 0.05) is 25.2 Å². The van der Waals surface area contributed by atoms with E-state index in [1.165, 1.54) is 24.8 Å². The monoisotopic (exact) mass is 330 g/mol. The zero-order chi connectivity index (χ0) is 16.9. The number of nitrogens with one attached hydrogen (secondary N) is 1. The molecule has 3 rings (SSSR count). The van der Waals surface area contributed by atoms with Crippen LogP contribution in [0.25, 0.3) is 0 Å². The van der Waals surface area contributed by atoms with Gasteiger partial charge in [-0.15, -0.1) is 0 Å². The van der Waals surface area contributed by atoms with Gasteiger partial charge in [-0.1, -0.05) is 24.6 Å². The lowest BCUT2D eigenvalue weighted by Crippen LogP contribution is -2.53.